The summed E-state index contributed by atoms with van der Waals surface area (Å²) >= 11 is 1.43. The van der Waals surface area contributed by atoms with E-state index in [0.717, 1.165) is 36.9 Å². The molecule has 6 heteroatoms. The molecule has 0 aromatic heterocycles. The van der Waals surface area contributed by atoms with Gasteiger partial charge in [0.15, 0.2) is 5.17 Å². The number of piperazine rings is 1. The zero-order chi connectivity index (χ0) is 18.8. The van der Waals surface area contributed by atoms with Crippen molar-refractivity contribution in [3.8, 4) is 5.75 Å². The molecule has 0 saturated carbocycles. The van der Waals surface area contributed by atoms with Gasteiger partial charge in [-0.2, -0.15) is 4.99 Å². The second-order valence-corrected chi connectivity index (χ2v) is 7.72. The number of anilines is 1. The van der Waals surface area contributed by atoms with Crippen molar-refractivity contribution in [2.45, 2.75) is 6.92 Å². The van der Waals surface area contributed by atoms with Gasteiger partial charge < -0.3 is 14.9 Å². The molecule has 0 unspecified atom stereocenters. The number of hydrogen-bond acceptors (Lipinski definition) is 5. The SMILES string of the molecule is Cc1ccc(N2CCN(C3=NC(=O)C(=Cc4ccc(O)cc4)S3)CC2)cc1. The zero-order valence-corrected chi connectivity index (χ0v) is 15.9. The Hall–Kier alpha value is -2.73. The van der Waals surface area contributed by atoms with Gasteiger partial charge in [0.1, 0.15) is 5.75 Å². The molecule has 4 rings (SSSR count). The highest BCUT2D eigenvalue weighted by Gasteiger charge is 2.28. The normalized spacial score (nSPS) is 18.9. The molecule has 2 aliphatic rings. The first-order valence-corrected chi connectivity index (χ1v) is 9.78. The van der Waals surface area contributed by atoms with Crippen LogP contribution in [0.3, 0.4) is 0 Å². The van der Waals surface area contributed by atoms with Gasteiger partial charge in [0.2, 0.25) is 0 Å². The van der Waals surface area contributed by atoms with Crippen molar-refractivity contribution in [1.82, 2.24) is 4.90 Å². The number of amidine groups is 1. The van der Waals surface area contributed by atoms with E-state index in [-0.39, 0.29) is 11.7 Å². The van der Waals surface area contributed by atoms with Crippen molar-refractivity contribution in [1.29, 1.82) is 0 Å². The molecular weight excluding hydrogens is 358 g/mol. The van der Waals surface area contributed by atoms with Crippen LogP contribution in [-0.2, 0) is 4.79 Å². The molecule has 0 aliphatic carbocycles. The van der Waals surface area contributed by atoms with Crippen LogP contribution in [0.5, 0.6) is 5.75 Å². The molecule has 1 N–H and O–H groups in total. The van der Waals surface area contributed by atoms with Gasteiger partial charge in [-0.1, -0.05) is 29.8 Å². The summed E-state index contributed by atoms with van der Waals surface area (Å²) in [4.78, 5) is 21.7. The van der Waals surface area contributed by atoms with Crippen LogP contribution in [0.2, 0.25) is 0 Å². The summed E-state index contributed by atoms with van der Waals surface area (Å²) in [6.07, 6.45) is 1.82. The second kappa shape index (κ2) is 7.48. The van der Waals surface area contributed by atoms with Crippen LogP contribution in [-0.4, -0.2) is 47.3 Å². The van der Waals surface area contributed by atoms with Crippen LogP contribution in [0.1, 0.15) is 11.1 Å². The van der Waals surface area contributed by atoms with Crippen molar-refractivity contribution >= 4 is 34.6 Å². The summed E-state index contributed by atoms with van der Waals surface area (Å²) in [6, 6.07) is 15.4. The van der Waals surface area contributed by atoms with Crippen LogP contribution >= 0.6 is 11.8 Å². The Morgan fingerprint density at radius 3 is 2.26 bits per heavy atom. The fourth-order valence-corrected chi connectivity index (χ4v) is 4.13. The first-order valence-electron chi connectivity index (χ1n) is 8.97. The number of phenols is 1. The Labute approximate surface area is 163 Å². The Morgan fingerprint density at radius 2 is 1.59 bits per heavy atom. The van der Waals surface area contributed by atoms with E-state index >= 15 is 0 Å². The van der Waals surface area contributed by atoms with Crippen molar-refractivity contribution in [2.75, 3.05) is 31.1 Å². The number of carbonyl (C=O) groups excluding carboxylic acids is 1. The highest BCUT2D eigenvalue weighted by atomic mass is 32.2. The molecule has 0 bridgehead atoms. The number of aliphatic imine (C=N–C) groups is 1. The quantitative estimate of drug-likeness (QED) is 0.810. The third kappa shape index (κ3) is 4.01. The van der Waals surface area contributed by atoms with E-state index in [9.17, 15) is 9.90 Å². The lowest BCUT2D eigenvalue weighted by Gasteiger charge is -2.36. The van der Waals surface area contributed by atoms with Crippen LogP contribution in [0, 0.1) is 6.92 Å². The molecule has 0 atom stereocenters. The highest BCUT2D eigenvalue weighted by Crippen LogP contribution is 2.31. The number of phenolic OH excluding ortho intramolecular Hbond substituents is 1. The number of nitrogens with zero attached hydrogens (tertiary/aromatic N) is 3. The minimum absolute atomic E-state index is 0.191. The molecule has 0 spiro atoms. The summed E-state index contributed by atoms with van der Waals surface area (Å²) < 4.78 is 0. The fourth-order valence-electron chi connectivity index (χ4n) is 3.17. The Morgan fingerprint density at radius 1 is 0.963 bits per heavy atom. The van der Waals surface area contributed by atoms with E-state index in [4.69, 9.17) is 0 Å². The highest BCUT2D eigenvalue weighted by molar-refractivity contribution is 8.18. The third-order valence-corrected chi connectivity index (χ3v) is 5.79. The van der Waals surface area contributed by atoms with E-state index in [1.54, 1.807) is 24.3 Å². The van der Waals surface area contributed by atoms with Crippen LogP contribution in [0.4, 0.5) is 5.69 Å². The Bertz CT molecular complexity index is 896. The number of aryl methyl sites for hydroxylation is 1. The predicted molar refractivity (Wildman–Crippen MR) is 111 cm³/mol. The average Bonchev–Trinajstić information content (AvgIpc) is 3.05. The molecule has 2 aliphatic heterocycles. The number of rotatable bonds is 2. The maximum atomic E-state index is 12.3. The van der Waals surface area contributed by atoms with Gasteiger partial charge in [-0.15, -0.1) is 0 Å². The molecular formula is C21H21N3O2S. The van der Waals surface area contributed by atoms with Gasteiger partial charge in [-0.25, -0.2) is 0 Å². The maximum absolute atomic E-state index is 12.3. The summed E-state index contributed by atoms with van der Waals surface area (Å²) in [7, 11) is 0. The number of thioether (sulfide) groups is 1. The van der Waals surface area contributed by atoms with Crippen LogP contribution in [0.15, 0.2) is 58.4 Å². The van der Waals surface area contributed by atoms with Gasteiger partial charge in [0.05, 0.1) is 4.91 Å². The molecule has 27 heavy (non-hydrogen) atoms. The van der Waals surface area contributed by atoms with Crippen molar-refractivity contribution in [2.24, 2.45) is 4.99 Å². The van der Waals surface area contributed by atoms with Crippen LogP contribution < -0.4 is 4.90 Å². The molecule has 2 aromatic carbocycles. The lowest BCUT2D eigenvalue weighted by molar-refractivity contribution is -0.113. The smallest absolute Gasteiger partial charge is 0.286 e. The van der Waals surface area contributed by atoms with Gasteiger partial charge >= 0.3 is 0 Å². The van der Waals surface area contributed by atoms with Crippen molar-refractivity contribution < 1.29 is 9.90 Å². The lowest BCUT2D eigenvalue weighted by atomic mass is 10.2. The van der Waals surface area contributed by atoms with Crippen molar-refractivity contribution in [3.63, 3.8) is 0 Å². The fraction of sp³-hybridized carbons (Fsp3) is 0.238. The molecule has 5 nitrogen and oxygen atoms in total. The largest absolute Gasteiger partial charge is 0.508 e. The molecule has 1 saturated heterocycles. The third-order valence-electron chi connectivity index (χ3n) is 4.75. The molecule has 2 aromatic rings. The van der Waals surface area contributed by atoms with E-state index in [1.165, 1.54) is 23.0 Å². The molecule has 0 radical (unpaired) electrons. The maximum Gasteiger partial charge on any atom is 0.286 e. The summed E-state index contributed by atoms with van der Waals surface area (Å²) in [6.45, 7) is 5.61. The average molecular weight is 379 g/mol. The van der Waals surface area contributed by atoms with Crippen LogP contribution in [0.25, 0.3) is 6.08 Å². The van der Waals surface area contributed by atoms with E-state index < -0.39 is 0 Å². The minimum Gasteiger partial charge on any atom is -0.508 e. The first kappa shape index (κ1) is 17.7. The summed E-state index contributed by atoms with van der Waals surface area (Å²) in [5, 5.41) is 10.2. The predicted octanol–water partition coefficient (Wildman–Crippen LogP) is 3.49. The minimum atomic E-state index is -0.191. The first-order chi connectivity index (χ1) is 13.1. The molecule has 138 valence electrons. The van der Waals surface area contributed by atoms with Gasteiger partial charge in [0.25, 0.3) is 5.91 Å². The monoisotopic (exact) mass is 379 g/mol. The van der Waals surface area contributed by atoms with Gasteiger partial charge in [-0.3, -0.25) is 4.79 Å². The number of hydrogen-bond donors (Lipinski definition) is 1. The topological polar surface area (TPSA) is 56.1 Å². The molecule has 1 fully saturated rings. The standard InChI is InChI=1S/C21H21N3O2S/c1-15-2-6-17(7-3-15)23-10-12-24(13-11-23)21-22-20(26)19(27-21)14-16-4-8-18(25)9-5-16/h2-9,14,25H,10-13H2,1H3. The number of carbonyl (C=O) groups is 1. The number of benzene rings is 2. The summed E-state index contributed by atoms with van der Waals surface area (Å²) in [5.74, 6) is 0.0231. The van der Waals surface area contributed by atoms with E-state index in [0.29, 0.717) is 4.91 Å². The van der Waals surface area contributed by atoms with E-state index in [1.807, 2.05) is 6.08 Å². The lowest BCUT2D eigenvalue weighted by Crippen LogP contribution is -2.47. The van der Waals surface area contributed by atoms with Gasteiger partial charge in [0, 0.05) is 31.9 Å². The van der Waals surface area contributed by atoms with Crippen molar-refractivity contribution in [3.05, 3.63) is 64.6 Å². The zero-order valence-electron chi connectivity index (χ0n) is 15.1. The summed E-state index contributed by atoms with van der Waals surface area (Å²) in [5.41, 5.74) is 3.38. The Balaban J connectivity index is 1.39. The second-order valence-electron chi connectivity index (χ2n) is 6.71. The molecule has 1 amide bonds. The number of amides is 1. The molecule has 2 heterocycles. The van der Waals surface area contributed by atoms with E-state index in [2.05, 4.69) is 46.0 Å². The Kier molecular flexibility index (Phi) is 4.90. The number of aromatic hydroxyl groups is 1. The van der Waals surface area contributed by atoms with Gasteiger partial charge in [-0.05, 0) is 54.6 Å².